The number of rotatable bonds is 1. The lowest BCUT2D eigenvalue weighted by Gasteiger charge is -2.38. The van der Waals surface area contributed by atoms with Crippen LogP contribution in [0.2, 0.25) is 0 Å². The summed E-state index contributed by atoms with van der Waals surface area (Å²) < 4.78 is 0. The first-order valence-corrected chi connectivity index (χ1v) is 9.52. The number of hydrogen-bond acceptors (Lipinski definition) is 1. The van der Waals surface area contributed by atoms with Gasteiger partial charge in [0.2, 0.25) is 0 Å². The van der Waals surface area contributed by atoms with Crippen molar-refractivity contribution in [1.82, 2.24) is 0 Å². The number of carbonyl (C=O) groups is 1. The molecule has 1 aliphatic carbocycles. The van der Waals surface area contributed by atoms with Crippen molar-refractivity contribution < 1.29 is 4.79 Å². The van der Waals surface area contributed by atoms with Crippen LogP contribution in [-0.2, 0) is 5.54 Å². The van der Waals surface area contributed by atoms with Crippen LogP contribution in [0.25, 0.3) is 11.1 Å². The van der Waals surface area contributed by atoms with E-state index in [1.807, 2.05) is 53.4 Å². The Labute approximate surface area is 163 Å². The molecule has 1 heterocycles. The zero-order valence-electron chi connectivity index (χ0n) is 15.2. The Morgan fingerprint density at radius 1 is 0.500 bits per heavy atom. The molecule has 0 N–H and O–H groups in total. The van der Waals surface area contributed by atoms with Gasteiger partial charge in [0.05, 0.1) is 0 Å². The minimum Gasteiger partial charge on any atom is -0.290 e. The quantitative estimate of drug-likeness (QED) is 0.432. The molecule has 0 aromatic heterocycles. The van der Waals surface area contributed by atoms with Gasteiger partial charge in [-0.05, 0) is 46.0 Å². The average molecular weight is 359 g/mol. The number of para-hydroxylation sites is 1. The van der Waals surface area contributed by atoms with Crippen molar-refractivity contribution in [2.24, 2.45) is 0 Å². The summed E-state index contributed by atoms with van der Waals surface area (Å²) in [5.74, 6) is 0.0494. The lowest BCUT2D eigenvalue weighted by molar-refractivity contribution is 0.0987. The Balaban J connectivity index is 1.81. The summed E-state index contributed by atoms with van der Waals surface area (Å²) >= 11 is 0. The highest BCUT2D eigenvalue weighted by atomic mass is 16.2. The first kappa shape index (κ1) is 15.4. The molecule has 1 amide bonds. The van der Waals surface area contributed by atoms with E-state index >= 15 is 0 Å². The summed E-state index contributed by atoms with van der Waals surface area (Å²) in [4.78, 5) is 15.7. The predicted octanol–water partition coefficient (Wildman–Crippen LogP) is 5.62. The second kappa shape index (κ2) is 5.43. The first-order chi connectivity index (χ1) is 13.8. The molecule has 1 spiro atoms. The van der Waals surface area contributed by atoms with Crippen LogP contribution in [0.1, 0.15) is 27.0 Å². The fraction of sp³-hybridized carbons (Fsp3) is 0.0385. The fourth-order valence-electron chi connectivity index (χ4n) is 5.01. The highest BCUT2D eigenvalue weighted by Gasteiger charge is 2.56. The number of nitrogens with zero attached hydrogens (tertiary/aromatic N) is 1. The molecule has 4 aromatic carbocycles. The normalized spacial score (nSPS) is 15.4. The smallest absolute Gasteiger partial charge is 0.260 e. The van der Waals surface area contributed by atoms with Crippen molar-refractivity contribution in [2.45, 2.75) is 5.54 Å². The van der Waals surface area contributed by atoms with Crippen LogP contribution in [0.4, 0.5) is 5.69 Å². The molecule has 0 bridgehead atoms. The average Bonchev–Trinajstić information content (AvgIpc) is 3.21. The van der Waals surface area contributed by atoms with Gasteiger partial charge in [-0.15, -0.1) is 0 Å². The molecule has 4 aromatic rings. The van der Waals surface area contributed by atoms with E-state index in [1.165, 1.54) is 22.3 Å². The summed E-state index contributed by atoms with van der Waals surface area (Å²) in [6.45, 7) is 0. The lowest BCUT2D eigenvalue weighted by Crippen LogP contribution is -2.44. The van der Waals surface area contributed by atoms with Crippen LogP contribution in [0, 0.1) is 0 Å². The Hall–Kier alpha value is -3.65. The third-order valence-electron chi connectivity index (χ3n) is 6.02. The summed E-state index contributed by atoms with van der Waals surface area (Å²) in [5.41, 5.74) is 6.83. The van der Waals surface area contributed by atoms with Gasteiger partial charge in [0, 0.05) is 11.3 Å². The molecular formula is C26H17NO. The molecule has 0 atom stereocenters. The SMILES string of the molecule is O=C1c2ccccc2C2(c3ccccc3-c3ccccc32)N1c1ccccc1. The van der Waals surface area contributed by atoms with Crippen molar-refractivity contribution in [1.29, 1.82) is 0 Å². The molecule has 0 radical (unpaired) electrons. The molecule has 0 saturated heterocycles. The molecule has 2 nitrogen and oxygen atoms in total. The Bertz CT molecular complexity index is 1200. The minimum absolute atomic E-state index is 0.0494. The van der Waals surface area contributed by atoms with Crippen LogP contribution in [-0.4, -0.2) is 5.91 Å². The molecule has 1 aliphatic heterocycles. The first-order valence-electron chi connectivity index (χ1n) is 9.52. The summed E-state index contributed by atoms with van der Waals surface area (Å²) in [5, 5.41) is 0. The van der Waals surface area contributed by atoms with E-state index in [9.17, 15) is 4.79 Å². The highest BCUT2D eigenvalue weighted by molar-refractivity contribution is 6.15. The highest BCUT2D eigenvalue weighted by Crippen LogP contribution is 2.58. The molecule has 0 saturated carbocycles. The summed E-state index contributed by atoms with van der Waals surface area (Å²) in [6, 6.07) is 35.0. The van der Waals surface area contributed by atoms with Gasteiger partial charge in [-0.3, -0.25) is 9.69 Å². The fourth-order valence-corrected chi connectivity index (χ4v) is 5.01. The third kappa shape index (κ3) is 1.70. The lowest BCUT2D eigenvalue weighted by atomic mass is 9.80. The maximum absolute atomic E-state index is 13.7. The molecule has 6 rings (SSSR count). The van der Waals surface area contributed by atoms with E-state index in [2.05, 4.69) is 54.6 Å². The Kier molecular flexibility index (Phi) is 2.99. The van der Waals surface area contributed by atoms with Crippen LogP contribution in [0.15, 0.2) is 103 Å². The number of anilines is 1. The monoisotopic (exact) mass is 359 g/mol. The number of benzene rings is 4. The van der Waals surface area contributed by atoms with Crippen molar-refractivity contribution in [3.05, 3.63) is 125 Å². The number of amides is 1. The van der Waals surface area contributed by atoms with E-state index in [-0.39, 0.29) is 5.91 Å². The molecule has 28 heavy (non-hydrogen) atoms. The topological polar surface area (TPSA) is 20.3 Å². The van der Waals surface area contributed by atoms with Crippen molar-refractivity contribution in [3.8, 4) is 11.1 Å². The van der Waals surface area contributed by atoms with E-state index in [0.29, 0.717) is 0 Å². The maximum atomic E-state index is 13.7. The third-order valence-corrected chi connectivity index (χ3v) is 6.02. The summed E-state index contributed by atoms with van der Waals surface area (Å²) in [6.07, 6.45) is 0. The van der Waals surface area contributed by atoms with Gasteiger partial charge >= 0.3 is 0 Å². The van der Waals surface area contributed by atoms with Crippen molar-refractivity contribution >= 4 is 11.6 Å². The Morgan fingerprint density at radius 3 is 1.50 bits per heavy atom. The van der Waals surface area contributed by atoms with Crippen molar-refractivity contribution in [2.75, 3.05) is 4.90 Å². The van der Waals surface area contributed by atoms with E-state index < -0.39 is 5.54 Å². The van der Waals surface area contributed by atoms with Crippen LogP contribution in [0.3, 0.4) is 0 Å². The zero-order valence-corrected chi connectivity index (χ0v) is 15.2. The van der Waals surface area contributed by atoms with Crippen LogP contribution >= 0.6 is 0 Å². The van der Waals surface area contributed by atoms with Gasteiger partial charge in [-0.2, -0.15) is 0 Å². The van der Waals surface area contributed by atoms with Gasteiger partial charge in [-0.25, -0.2) is 0 Å². The van der Waals surface area contributed by atoms with Crippen LogP contribution < -0.4 is 4.90 Å². The predicted molar refractivity (Wildman–Crippen MR) is 111 cm³/mol. The Morgan fingerprint density at radius 2 is 0.929 bits per heavy atom. The summed E-state index contributed by atoms with van der Waals surface area (Å²) in [7, 11) is 0. The van der Waals surface area contributed by atoms with E-state index in [1.54, 1.807) is 0 Å². The van der Waals surface area contributed by atoms with Crippen LogP contribution in [0.5, 0.6) is 0 Å². The van der Waals surface area contributed by atoms with E-state index in [4.69, 9.17) is 0 Å². The standard InChI is InChI=1S/C26H17NO/c28-25-21-14-6-9-17-24(21)26(27(25)18-10-2-1-3-11-18)22-15-7-4-12-19(22)20-13-5-8-16-23(20)26/h1-17H. The minimum atomic E-state index is -0.637. The number of fused-ring (bicyclic) bond motifs is 7. The second-order valence-corrected chi connectivity index (χ2v) is 7.32. The molecular weight excluding hydrogens is 342 g/mol. The molecule has 2 heteroatoms. The van der Waals surface area contributed by atoms with Gasteiger partial charge in [0.25, 0.3) is 5.91 Å². The largest absolute Gasteiger partial charge is 0.290 e. The zero-order chi connectivity index (χ0) is 18.7. The molecule has 0 fully saturated rings. The van der Waals surface area contributed by atoms with Gasteiger partial charge in [0.1, 0.15) is 5.54 Å². The molecule has 132 valence electrons. The number of carbonyl (C=O) groups excluding carboxylic acids is 1. The maximum Gasteiger partial charge on any atom is 0.260 e. The molecule has 0 unspecified atom stereocenters. The van der Waals surface area contributed by atoms with E-state index in [0.717, 1.165) is 16.8 Å². The van der Waals surface area contributed by atoms with Crippen molar-refractivity contribution in [3.63, 3.8) is 0 Å². The van der Waals surface area contributed by atoms with Gasteiger partial charge in [-0.1, -0.05) is 84.9 Å². The second-order valence-electron chi connectivity index (χ2n) is 7.32. The van der Waals surface area contributed by atoms with Gasteiger partial charge < -0.3 is 0 Å². The molecule has 2 aliphatic rings. The van der Waals surface area contributed by atoms with Gasteiger partial charge in [0.15, 0.2) is 0 Å². The number of hydrogen-bond donors (Lipinski definition) is 0.